The zero-order chi connectivity index (χ0) is 25.5. The van der Waals surface area contributed by atoms with Crippen LogP contribution in [0.2, 0.25) is 0 Å². The van der Waals surface area contributed by atoms with Crippen LogP contribution >= 0.6 is 0 Å². The Morgan fingerprint density at radius 2 is 1.58 bits per heavy atom. The van der Waals surface area contributed by atoms with Gasteiger partial charge in [0.2, 0.25) is 17.7 Å². The molecule has 0 aromatic heterocycles. The van der Waals surface area contributed by atoms with Crippen LogP contribution < -0.4 is 16.0 Å². The Morgan fingerprint density at radius 3 is 2.31 bits per heavy atom. The molecule has 2 aromatic rings. The third-order valence-electron chi connectivity index (χ3n) is 7.62. The molecular formula is C29H38N4O3. The normalized spacial score (nSPS) is 19.9. The third-order valence-corrected chi connectivity index (χ3v) is 7.62. The summed E-state index contributed by atoms with van der Waals surface area (Å²) in [4.78, 5) is 41.8. The molecule has 4 rings (SSSR count). The highest BCUT2D eigenvalue weighted by atomic mass is 16.2. The van der Waals surface area contributed by atoms with Gasteiger partial charge in [0.1, 0.15) is 12.1 Å². The molecule has 7 heteroatoms. The van der Waals surface area contributed by atoms with Crippen molar-refractivity contribution in [2.75, 3.05) is 18.9 Å². The van der Waals surface area contributed by atoms with Crippen molar-refractivity contribution in [3.8, 4) is 11.1 Å². The molecule has 1 heterocycles. The topological polar surface area (TPSA) is 90.5 Å². The molecule has 0 bridgehead atoms. The molecule has 2 aromatic carbocycles. The smallest absolute Gasteiger partial charge is 0.247 e. The van der Waals surface area contributed by atoms with Crippen LogP contribution in [-0.4, -0.2) is 54.3 Å². The summed E-state index contributed by atoms with van der Waals surface area (Å²) in [6, 6.07) is 16.1. The van der Waals surface area contributed by atoms with Gasteiger partial charge in [-0.25, -0.2) is 0 Å². The van der Waals surface area contributed by atoms with Gasteiger partial charge in [0.05, 0.1) is 6.04 Å². The van der Waals surface area contributed by atoms with Crippen LogP contribution in [0.1, 0.15) is 51.9 Å². The van der Waals surface area contributed by atoms with E-state index in [1.807, 2.05) is 54.6 Å². The van der Waals surface area contributed by atoms with Crippen molar-refractivity contribution in [2.45, 2.75) is 70.0 Å². The molecule has 1 aliphatic heterocycles. The molecule has 3 atom stereocenters. The van der Waals surface area contributed by atoms with Crippen LogP contribution in [0.15, 0.2) is 54.6 Å². The van der Waals surface area contributed by atoms with Gasteiger partial charge in [-0.15, -0.1) is 0 Å². The predicted octanol–water partition coefficient (Wildman–Crippen LogP) is 3.96. The number of hydrogen-bond donors (Lipinski definition) is 3. The number of likely N-dealkylation sites (N-methyl/N-ethyl adjacent to an activating group) is 1. The van der Waals surface area contributed by atoms with E-state index in [1.165, 1.54) is 0 Å². The number of para-hydroxylation sites is 1. The fourth-order valence-electron chi connectivity index (χ4n) is 5.42. The Morgan fingerprint density at radius 1 is 0.889 bits per heavy atom. The van der Waals surface area contributed by atoms with Gasteiger partial charge in [0.15, 0.2) is 0 Å². The molecule has 2 aliphatic rings. The number of nitrogens with zero attached hydrogens (tertiary/aromatic N) is 1. The quantitative estimate of drug-likeness (QED) is 0.523. The van der Waals surface area contributed by atoms with Gasteiger partial charge in [-0.1, -0.05) is 67.8 Å². The number of likely N-dealkylation sites (tertiary alicyclic amines) is 1. The predicted molar refractivity (Wildman–Crippen MR) is 142 cm³/mol. The van der Waals surface area contributed by atoms with Crippen molar-refractivity contribution in [1.29, 1.82) is 0 Å². The monoisotopic (exact) mass is 490 g/mol. The summed E-state index contributed by atoms with van der Waals surface area (Å²) in [5.41, 5.74) is 2.69. The van der Waals surface area contributed by atoms with Gasteiger partial charge >= 0.3 is 0 Å². The average Bonchev–Trinajstić information content (AvgIpc) is 3.42. The number of rotatable bonds is 8. The second kappa shape index (κ2) is 12.2. The van der Waals surface area contributed by atoms with Crippen LogP contribution in [0, 0.1) is 5.92 Å². The van der Waals surface area contributed by atoms with Gasteiger partial charge in [-0.2, -0.15) is 0 Å². The molecule has 3 unspecified atom stereocenters. The lowest BCUT2D eigenvalue weighted by molar-refractivity contribution is -0.142. The molecule has 36 heavy (non-hydrogen) atoms. The highest BCUT2D eigenvalue weighted by Gasteiger charge is 2.41. The molecule has 1 aliphatic carbocycles. The molecule has 0 spiro atoms. The standard InChI is InChI=1S/C29H38N4O3/c1-20(30-2)27(34)32-26(22-14-7-4-8-15-22)29(36)33-19-11-18-25(33)28(35)31-24-17-10-9-16-23(24)21-12-5-3-6-13-21/h3,5-6,9-10,12-13,16-17,20,22,25-26,30H,4,7-8,11,14-15,18-19H2,1-2H3,(H,31,35)(H,32,34). The van der Waals surface area contributed by atoms with Crippen LogP contribution in [0.3, 0.4) is 0 Å². The third kappa shape index (κ3) is 5.95. The first-order valence-electron chi connectivity index (χ1n) is 13.2. The summed E-state index contributed by atoms with van der Waals surface area (Å²) in [5, 5.41) is 9.08. The maximum Gasteiger partial charge on any atom is 0.247 e. The number of hydrogen-bond acceptors (Lipinski definition) is 4. The lowest BCUT2D eigenvalue weighted by Gasteiger charge is -2.35. The van der Waals surface area contributed by atoms with E-state index in [4.69, 9.17) is 0 Å². The fourth-order valence-corrected chi connectivity index (χ4v) is 5.42. The van der Waals surface area contributed by atoms with Gasteiger partial charge in [-0.3, -0.25) is 14.4 Å². The van der Waals surface area contributed by atoms with Crippen molar-refractivity contribution in [2.24, 2.45) is 5.92 Å². The second-order valence-electron chi connectivity index (χ2n) is 9.99. The molecular weight excluding hydrogens is 452 g/mol. The Hall–Kier alpha value is -3.19. The van der Waals surface area contributed by atoms with E-state index in [0.29, 0.717) is 13.0 Å². The maximum absolute atomic E-state index is 13.9. The lowest BCUT2D eigenvalue weighted by atomic mass is 9.83. The SMILES string of the molecule is CNC(C)C(=O)NC(C(=O)N1CCCC1C(=O)Nc1ccccc1-c1ccccc1)C1CCCCC1. The summed E-state index contributed by atoms with van der Waals surface area (Å²) in [6.07, 6.45) is 6.50. The lowest BCUT2D eigenvalue weighted by Crippen LogP contribution is -2.57. The highest BCUT2D eigenvalue weighted by molar-refractivity contribution is 6.01. The Bertz CT molecular complexity index is 1050. The Kier molecular flexibility index (Phi) is 8.75. The van der Waals surface area contributed by atoms with Crippen LogP contribution in [0.4, 0.5) is 5.69 Å². The van der Waals surface area contributed by atoms with Gasteiger partial charge < -0.3 is 20.9 Å². The number of nitrogens with one attached hydrogen (secondary N) is 3. The van der Waals surface area contributed by atoms with Gasteiger partial charge in [-0.05, 0) is 57.2 Å². The van der Waals surface area contributed by atoms with Crippen LogP contribution in [0.25, 0.3) is 11.1 Å². The molecule has 1 saturated carbocycles. The van der Waals surface area contributed by atoms with E-state index in [2.05, 4.69) is 16.0 Å². The minimum atomic E-state index is -0.599. The van der Waals surface area contributed by atoms with Crippen molar-refractivity contribution in [1.82, 2.24) is 15.5 Å². The van der Waals surface area contributed by atoms with Crippen LogP contribution in [0.5, 0.6) is 0 Å². The number of carbonyl (C=O) groups excluding carboxylic acids is 3. The van der Waals surface area contributed by atoms with Crippen molar-refractivity contribution in [3.63, 3.8) is 0 Å². The zero-order valence-corrected chi connectivity index (χ0v) is 21.3. The Labute approximate surface area is 214 Å². The van der Waals surface area contributed by atoms with E-state index in [0.717, 1.165) is 55.3 Å². The number of anilines is 1. The first-order valence-corrected chi connectivity index (χ1v) is 13.2. The van der Waals surface area contributed by atoms with Gasteiger partial charge in [0, 0.05) is 17.8 Å². The number of benzene rings is 2. The summed E-state index contributed by atoms with van der Waals surface area (Å²) >= 11 is 0. The molecule has 1 saturated heterocycles. The number of carbonyl (C=O) groups is 3. The second-order valence-corrected chi connectivity index (χ2v) is 9.99. The van der Waals surface area contributed by atoms with E-state index in [1.54, 1.807) is 18.9 Å². The van der Waals surface area contributed by atoms with Crippen molar-refractivity contribution < 1.29 is 14.4 Å². The van der Waals surface area contributed by atoms with E-state index in [9.17, 15) is 14.4 Å². The number of amides is 3. The van der Waals surface area contributed by atoms with Crippen molar-refractivity contribution >= 4 is 23.4 Å². The average molecular weight is 491 g/mol. The fraction of sp³-hybridized carbons (Fsp3) is 0.483. The van der Waals surface area contributed by atoms with E-state index >= 15 is 0 Å². The Balaban J connectivity index is 1.52. The molecule has 3 amide bonds. The highest BCUT2D eigenvalue weighted by Crippen LogP contribution is 2.31. The molecule has 7 nitrogen and oxygen atoms in total. The summed E-state index contributed by atoms with van der Waals surface area (Å²) < 4.78 is 0. The first kappa shape index (κ1) is 25.9. The molecule has 0 radical (unpaired) electrons. The molecule has 2 fully saturated rings. The zero-order valence-electron chi connectivity index (χ0n) is 21.3. The van der Waals surface area contributed by atoms with E-state index < -0.39 is 18.1 Å². The molecule has 192 valence electrons. The van der Waals surface area contributed by atoms with Crippen molar-refractivity contribution in [3.05, 3.63) is 54.6 Å². The largest absolute Gasteiger partial charge is 0.343 e. The molecule has 3 N–H and O–H groups in total. The first-order chi connectivity index (χ1) is 17.5. The summed E-state index contributed by atoms with van der Waals surface area (Å²) in [7, 11) is 1.73. The minimum absolute atomic E-state index is 0.0994. The minimum Gasteiger partial charge on any atom is -0.343 e. The maximum atomic E-state index is 13.9. The summed E-state index contributed by atoms with van der Waals surface area (Å²) in [5.74, 6) is -0.394. The summed E-state index contributed by atoms with van der Waals surface area (Å²) in [6.45, 7) is 2.31. The van der Waals surface area contributed by atoms with E-state index in [-0.39, 0.29) is 23.6 Å². The van der Waals surface area contributed by atoms with Crippen LogP contribution in [-0.2, 0) is 14.4 Å². The van der Waals surface area contributed by atoms with Gasteiger partial charge in [0.25, 0.3) is 0 Å².